The second-order valence-electron chi connectivity index (χ2n) is 6.23. The fourth-order valence-electron chi connectivity index (χ4n) is 1.66. The number of ether oxygens (including phenoxy) is 2. The minimum atomic E-state index is -0.496. The standard InChI is InChI=1S/C17H28N2O3/c1-13(16(20)18-12-17(2,3)19(4)5)22-11-14-8-7-9-15(10-14)21-6/h7-10,13H,11-12H2,1-6H3,(H,18,20). The molecule has 1 atom stereocenters. The molecule has 0 radical (unpaired) electrons. The van der Waals surface area contributed by atoms with Crippen LogP contribution in [0.3, 0.4) is 0 Å². The van der Waals surface area contributed by atoms with Crippen molar-refractivity contribution in [2.24, 2.45) is 0 Å². The molecular weight excluding hydrogens is 280 g/mol. The first-order valence-corrected chi connectivity index (χ1v) is 7.46. The Bertz CT molecular complexity index is 487. The predicted octanol–water partition coefficient (Wildman–Crippen LogP) is 2.06. The van der Waals surface area contributed by atoms with Crippen LogP contribution in [0, 0.1) is 0 Å². The highest BCUT2D eigenvalue weighted by Gasteiger charge is 2.22. The number of carbonyl (C=O) groups excluding carboxylic acids is 1. The van der Waals surface area contributed by atoms with Gasteiger partial charge in [-0.15, -0.1) is 0 Å². The minimum absolute atomic E-state index is 0.0951. The Labute approximate surface area is 133 Å². The van der Waals surface area contributed by atoms with Gasteiger partial charge < -0.3 is 19.7 Å². The van der Waals surface area contributed by atoms with E-state index in [0.29, 0.717) is 13.2 Å². The van der Waals surface area contributed by atoms with Crippen LogP contribution >= 0.6 is 0 Å². The van der Waals surface area contributed by atoms with Crippen LogP contribution in [0.15, 0.2) is 24.3 Å². The second-order valence-corrected chi connectivity index (χ2v) is 6.23. The molecule has 1 aromatic carbocycles. The summed E-state index contributed by atoms with van der Waals surface area (Å²) in [6.45, 7) is 6.87. The maximum Gasteiger partial charge on any atom is 0.248 e. The van der Waals surface area contributed by atoms with Crippen molar-refractivity contribution < 1.29 is 14.3 Å². The fraction of sp³-hybridized carbons (Fsp3) is 0.588. The number of hydrogen-bond donors (Lipinski definition) is 1. The molecular formula is C17H28N2O3. The molecule has 0 aromatic heterocycles. The molecule has 0 aliphatic carbocycles. The molecule has 1 N–H and O–H groups in total. The van der Waals surface area contributed by atoms with Crippen LogP contribution in [0.5, 0.6) is 5.75 Å². The summed E-state index contributed by atoms with van der Waals surface area (Å²) in [6, 6.07) is 7.63. The molecule has 0 saturated heterocycles. The van der Waals surface area contributed by atoms with E-state index in [9.17, 15) is 4.79 Å². The molecule has 0 heterocycles. The third-order valence-corrected chi connectivity index (χ3v) is 3.91. The van der Waals surface area contributed by atoms with Gasteiger partial charge >= 0.3 is 0 Å². The van der Waals surface area contributed by atoms with Gasteiger partial charge in [-0.05, 0) is 52.6 Å². The quantitative estimate of drug-likeness (QED) is 0.798. The predicted molar refractivity (Wildman–Crippen MR) is 88.0 cm³/mol. The summed E-state index contributed by atoms with van der Waals surface area (Å²) in [5, 5.41) is 2.93. The monoisotopic (exact) mass is 308 g/mol. The molecule has 5 nitrogen and oxygen atoms in total. The van der Waals surface area contributed by atoms with Gasteiger partial charge in [0.25, 0.3) is 0 Å². The Morgan fingerprint density at radius 2 is 2.05 bits per heavy atom. The van der Waals surface area contributed by atoms with Crippen molar-refractivity contribution in [1.82, 2.24) is 10.2 Å². The Balaban J connectivity index is 2.44. The Hall–Kier alpha value is -1.59. The zero-order valence-electron chi connectivity index (χ0n) is 14.5. The lowest BCUT2D eigenvalue weighted by Crippen LogP contribution is -2.50. The average molecular weight is 308 g/mol. The average Bonchev–Trinajstić information content (AvgIpc) is 2.50. The third-order valence-electron chi connectivity index (χ3n) is 3.91. The number of benzene rings is 1. The van der Waals surface area contributed by atoms with Gasteiger partial charge in [-0.2, -0.15) is 0 Å². The van der Waals surface area contributed by atoms with Gasteiger partial charge in [0.15, 0.2) is 0 Å². The highest BCUT2D eigenvalue weighted by atomic mass is 16.5. The smallest absolute Gasteiger partial charge is 0.248 e. The molecule has 0 bridgehead atoms. The first-order chi connectivity index (χ1) is 10.3. The third kappa shape index (κ3) is 5.66. The van der Waals surface area contributed by atoms with Crippen molar-refractivity contribution in [3.05, 3.63) is 29.8 Å². The maximum absolute atomic E-state index is 12.1. The molecule has 0 spiro atoms. The molecule has 1 amide bonds. The summed E-state index contributed by atoms with van der Waals surface area (Å²) in [6.07, 6.45) is -0.496. The van der Waals surface area contributed by atoms with Crippen LogP contribution in [0.25, 0.3) is 0 Å². The van der Waals surface area contributed by atoms with E-state index in [2.05, 4.69) is 24.1 Å². The van der Waals surface area contributed by atoms with E-state index < -0.39 is 6.10 Å². The maximum atomic E-state index is 12.1. The highest BCUT2D eigenvalue weighted by molar-refractivity contribution is 5.80. The van der Waals surface area contributed by atoms with Gasteiger partial charge in [-0.3, -0.25) is 4.79 Å². The molecule has 0 aliphatic heterocycles. The molecule has 1 unspecified atom stereocenters. The van der Waals surface area contributed by atoms with Crippen molar-refractivity contribution in [1.29, 1.82) is 0 Å². The number of amides is 1. The van der Waals surface area contributed by atoms with Crippen LogP contribution in [-0.4, -0.2) is 50.2 Å². The summed E-state index contributed by atoms with van der Waals surface area (Å²) in [5.41, 5.74) is 0.884. The molecule has 124 valence electrons. The topological polar surface area (TPSA) is 50.8 Å². The summed E-state index contributed by atoms with van der Waals surface area (Å²) in [5.74, 6) is 0.684. The van der Waals surface area contributed by atoms with E-state index in [1.54, 1.807) is 14.0 Å². The van der Waals surface area contributed by atoms with Crippen LogP contribution in [0.4, 0.5) is 0 Å². The van der Waals surface area contributed by atoms with Crippen LogP contribution in [-0.2, 0) is 16.1 Å². The van der Waals surface area contributed by atoms with Crippen LogP contribution in [0.1, 0.15) is 26.3 Å². The Morgan fingerprint density at radius 1 is 1.36 bits per heavy atom. The largest absolute Gasteiger partial charge is 0.497 e. The Morgan fingerprint density at radius 3 is 2.64 bits per heavy atom. The van der Waals surface area contributed by atoms with Crippen LogP contribution in [0.2, 0.25) is 0 Å². The molecule has 5 heteroatoms. The molecule has 1 aromatic rings. The van der Waals surface area contributed by atoms with Gasteiger partial charge in [0, 0.05) is 12.1 Å². The van der Waals surface area contributed by atoms with E-state index >= 15 is 0 Å². The van der Waals surface area contributed by atoms with Crippen molar-refractivity contribution in [2.45, 2.75) is 39.0 Å². The summed E-state index contributed by atoms with van der Waals surface area (Å²) < 4.78 is 10.8. The van der Waals surface area contributed by atoms with Gasteiger partial charge in [-0.1, -0.05) is 12.1 Å². The highest BCUT2D eigenvalue weighted by Crippen LogP contribution is 2.14. The molecule has 22 heavy (non-hydrogen) atoms. The molecule has 1 rings (SSSR count). The number of nitrogens with zero attached hydrogens (tertiary/aromatic N) is 1. The van der Waals surface area contributed by atoms with Gasteiger partial charge in [-0.25, -0.2) is 0 Å². The number of nitrogens with one attached hydrogen (secondary N) is 1. The zero-order chi connectivity index (χ0) is 16.8. The van der Waals surface area contributed by atoms with Crippen molar-refractivity contribution in [2.75, 3.05) is 27.7 Å². The van der Waals surface area contributed by atoms with Crippen molar-refractivity contribution in [3.8, 4) is 5.75 Å². The van der Waals surface area contributed by atoms with Crippen LogP contribution < -0.4 is 10.1 Å². The van der Waals surface area contributed by atoms with E-state index in [1.807, 2.05) is 38.4 Å². The second kappa shape index (κ2) is 8.15. The lowest BCUT2D eigenvalue weighted by atomic mass is 10.0. The molecule has 0 saturated carbocycles. The zero-order valence-corrected chi connectivity index (χ0v) is 14.5. The molecule has 0 aliphatic rings. The van der Waals surface area contributed by atoms with Gasteiger partial charge in [0.05, 0.1) is 13.7 Å². The summed E-state index contributed by atoms with van der Waals surface area (Å²) >= 11 is 0. The normalized spacial score (nSPS) is 13.0. The van der Waals surface area contributed by atoms with Gasteiger partial charge in [0.2, 0.25) is 5.91 Å². The summed E-state index contributed by atoms with van der Waals surface area (Å²) in [4.78, 5) is 14.2. The first-order valence-electron chi connectivity index (χ1n) is 7.46. The number of methoxy groups -OCH3 is 1. The molecule has 0 fully saturated rings. The van der Waals surface area contributed by atoms with E-state index in [1.165, 1.54) is 0 Å². The number of carbonyl (C=O) groups is 1. The lowest BCUT2D eigenvalue weighted by molar-refractivity contribution is -0.133. The minimum Gasteiger partial charge on any atom is -0.497 e. The fourth-order valence-corrected chi connectivity index (χ4v) is 1.66. The Kier molecular flexibility index (Phi) is 6.84. The van der Waals surface area contributed by atoms with Crippen molar-refractivity contribution >= 4 is 5.91 Å². The van der Waals surface area contributed by atoms with Crippen molar-refractivity contribution in [3.63, 3.8) is 0 Å². The van der Waals surface area contributed by atoms with E-state index in [-0.39, 0.29) is 11.4 Å². The SMILES string of the molecule is COc1cccc(COC(C)C(=O)NCC(C)(C)N(C)C)c1. The number of hydrogen-bond acceptors (Lipinski definition) is 4. The number of likely N-dealkylation sites (N-methyl/N-ethyl adjacent to an activating group) is 1. The van der Waals surface area contributed by atoms with E-state index in [0.717, 1.165) is 11.3 Å². The van der Waals surface area contributed by atoms with E-state index in [4.69, 9.17) is 9.47 Å². The lowest BCUT2D eigenvalue weighted by Gasteiger charge is -2.33. The van der Waals surface area contributed by atoms with Gasteiger partial charge in [0.1, 0.15) is 11.9 Å². The number of rotatable bonds is 8. The summed E-state index contributed by atoms with van der Waals surface area (Å²) in [7, 11) is 5.62. The first kappa shape index (κ1) is 18.5.